The summed E-state index contributed by atoms with van der Waals surface area (Å²) in [5, 5.41) is 3.92. The lowest BCUT2D eigenvalue weighted by atomic mass is 10.1. The normalized spacial score (nSPS) is 14.1. The van der Waals surface area contributed by atoms with Crippen LogP contribution < -0.4 is 19.7 Å². The first-order chi connectivity index (χ1) is 13.7. The van der Waals surface area contributed by atoms with E-state index in [1.54, 1.807) is 36.6 Å². The van der Waals surface area contributed by atoms with Gasteiger partial charge in [0.25, 0.3) is 5.91 Å². The van der Waals surface area contributed by atoms with Crippen molar-refractivity contribution in [3.8, 4) is 11.5 Å². The van der Waals surface area contributed by atoms with Crippen molar-refractivity contribution in [1.82, 2.24) is 4.98 Å². The highest BCUT2D eigenvalue weighted by Crippen LogP contribution is 2.32. The van der Waals surface area contributed by atoms with Gasteiger partial charge in [-0.25, -0.2) is 4.98 Å². The van der Waals surface area contributed by atoms with Gasteiger partial charge in [-0.3, -0.25) is 4.79 Å². The molecule has 1 saturated heterocycles. The molecule has 0 saturated carbocycles. The van der Waals surface area contributed by atoms with Gasteiger partial charge in [0.1, 0.15) is 11.5 Å². The number of thiazole rings is 1. The Morgan fingerprint density at radius 2 is 1.96 bits per heavy atom. The van der Waals surface area contributed by atoms with Gasteiger partial charge in [0.05, 0.1) is 43.2 Å². The molecule has 8 heteroatoms. The second-order valence-electron chi connectivity index (χ2n) is 6.30. The fraction of sp³-hybridized carbons (Fsp3) is 0.300. The maximum Gasteiger partial charge on any atom is 0.259 e. The SMILES string of the molecule is COc1ccc(C(=O)Nc2ccc3nc(N4CCOCC4)sc3c2)c(OC)c1. The molecule has 0 atom stereocenters. The van der Waals surface area contributed by atoms with Gasteiger partial charge in [-0.2, -0.15) is 0 Å². The van der Waals surface area contributed by atoms with Crippen LogP contribution in [0.4, 0.5) is 10.8 Å². The molecule has 3 aromatic rings. The molecule has 1 fully saturated rings. The van der Waals surface area contributed by atoms with E-state index in [0.29, 0.717) is 22.7 Å². The van der Waals surface area contributed by atoms with Gasteiger partial charge in [-0.15, -0.1) is 0 Å². The molecule has 0 aliphatic carbocycles. The number of carbonyl (C=O) groups is 1. The summed E-state index contributed by atoms with van der Waals surface area (Å²) in [4.78, 5) is 19.7. The summed E-state index contributed by atoms with van der Waals surface area (Å²) < 4.78 is 16.9. The highest BCUT2D eigenvalue weighted by atomic mass is 32.1. The van der Waals surface area contributed by atoms with Crippen molar-refractivity contribution in [1.29, 1.82) is 0 Å². The van der Waals surface area contributed by atoms with Crippen LogP contribution in [0.25, 0.3) is 10.2 Å². The number of nitrogens with one attached hydrogen (secondary N) is 1. The molecule has 1 N–H and O–H groups in total. The zero-order valence-electron chi connectivity index (χ0n) is 15.7. The second kappa shape index (κ2) is 8.04. The van der Waals surface area contributed by atoms with Crippen LogP contribution in [-0.4, -0.2) is 51.4 Å². The topological polar surface area (TPSA) is 72.9 Å². The summed E-state index contributed by atoms with van der Waals surface area (Å²) in [6.07, 6.45) is 0. The summed E-state index contributed by atoms with van der Waals surface area (Å²) in [5.41, 5.74) is 2.08. The number of hydrogen-bond donors (Lipinski definition) is 1. The molecule has 1 aliphatic heterocycles. The van der Waals surface area contributed by atoms with Gasteiger partial charge in [-0.1, -0.05) is 11.3 Å². The second-order valence-corrected chi connectivity index (χ2v) is 7.31. The number of anilines is 2. The minimum atomic E-state index is -0.239. The lowest BCUT2D eigenvalue weighted by Gasteiger charge is -2.25. The van der Waals surface area contributed by atoms with E-state index in [4.69, 9.17) is 19.2 Å². The first-order valence-electron chi connectivity index (χ1n) is 8.94. The average molecular weight is 399 g/mol. The molecule has 4 rings (SSSR count). The lowest BCUT2D eigenvalue weighted by molar-refractivity contribution is 0.102. The third-order valence-corrected chi connectivity index (χ3v) is 5.65. The number of carbonyl (C=O) groups excluding carboxylic acids is 1. The average Bonchev–Trinajstić information content (AvgIpc) is 3.17. The molecule has 2 aromatic carbocycles. The zero-order valence-corrected chi connectivity index (χ0v) is 16.5. The summed E-state index contributed by atoms with van der Waals surface area (Å²) in [5.74, 6) is 0.859. The fourth-order valence-electron chi connectivity index (χ4n) is 3.06. The number of hydrogen-bond acceptors (Lipinski definition) is 7. The quantitative estimate of drug-likeness (QED) is 0.709. The van der Waals surface area contributed by atoms with Gasteiger partial charge in [0.2, 0.25) is 0 Å². The molecule has 28 heavy (non-hydrogen) atoms. The number of morpholine rings is 1. The van der Waals surface area contributed by atoms with Crippen molar-refractivity contribution < 1.29 is 19.0 Å². The Kier molecular flexibility index (Phi) is 5.31. The van der Waals surface area contributed by atoms with E-state index in [9.17, 15) is 4.79 Å². The Hall–Kier alpha value is -2.84. The van der Waals surface area contributed by atoms with E-state index in [1.807, 2.05) is 18.2 Å². The number of fused-ring (bicyclic) bond motifs is 1. The summed E-state index contributed by atoms with van der Waals surface area (Å²) in [6, 6.07) is 10.9. The maximum atomic E-state index is 12.7. The first kappa shape index (κ1) is 18.5. The first-order valence-corrected chi connectivity index (χ1v) is 9.76. The van der Waals surface area contributed by atoms with Crippen molar-refractivity contribution in [2.75, 3.05) is 50.7 Å². The van der Waals surface area contributed by atoms with Crippen LogP contribution in [0, 0.1) is 0 Å². The molecule has 146 valence electrons. The molecule has 1 aliphatic rings. The lowest BCUT2D eigenvalue weighted by Crippen LogP contribution is -2.36. The van der Waals surface area contributed by atoms with Crippen molar-refractivity contribution in [2.45, 2.75) is 0 Å². The molecular weight excluding hydrogens is 378 g/mol. The third kappa shape index (κ3) is 3.74. The molecule has 2 heterocycles. The number of aromatic nitrogens is 1. The van der Waals surface area contributed by atoms with E-state index in [2.05, 4.69) is 10.2 Å². The van der Waals surface area contributed by atoms with E-state index >= 15 is 0 Å². The van der Waals surface area contributed by atoms with Gasteiger partial charge in [0.15, 0.2) is 5.13 Å². The van der Waals surface area contributed by atoms with Crippen molar-refractivity contribution in [3.05, 3.63) is 42.0 Å². The smallest absolute Gasteiger partial charge is 0.259 e. The molecule has 7 nitrogen and oxygen atoms in total. The van der Waals surface area contributed by atoms with Crippen LogP contribution in [0.15, 0.2) is 36.4 Å². The van der Waals surface area contributed by atoms with Crippen LogP contribution in [0.5, 0.6) is 11.5 Å². The van der Waals surface area contributed by atoms with E-state index in [0.717, 1.165) is 41.7 Å². The molecule has 0 bridgehead atoms. The van der Waals surface area contributed by atoms with E-state index in [1.165, 1.54) is 7.11 Å². The Labute approximate surface area is 166 Å². The zero-order chi connectivity index (χ0) is 19.5. The number of methoxy groups -OCH3 is 2. The summed E-state index contributed by atoms with van der Waals surface area (Å²) >= 11 is 1.62. The number of rotatable bonds is 5. The Morgan fingerprint density at radius 1 is 1.14 bits per heavy atom. The molecule has 0 unspecified atom stereocenters. The largest absolute Gasteiger partial charge is 0.497 e. The van der Waals surface area contributed by atoms with Crippen LogP contribution in [0.2, 0.25) is 0 Å². The molecule has 0 spiro atoms. The van der Waals surface area contributed by atoms with Crippen molar-refractivity contribution in [2.24, 2.45) is 0 Å². The summed E-state index contributed by atoms with van der Waals surface area (Å²) in [6.45, 7) is 3.14. The van der Waals surface area contributed by atoms with Crippen LogP contribution in [-0.2, 0) is 4.74 Å². The number of nitrogens with zero attached hydrogens (tertiary/aromatic N) is 2. The highest BCUT2D eigenvalue weighted by Gasteiger charge is 2.17. The Bertz CT molecular complexity index is 998. The highest BCUT2D eigenvalue weighted by molar-refractivity contribution is 7.22. The fourth-order valence-corrected chi connectivity index (χ4v) is 4.12. The van der Waals surface area contributed by atoms with E-state index in [-0.39, 0.29) is 5.91 Å². The van der Waals surface area contributed by atoms with E-state index < -0.39 is 0 Å². The molecule has 1 amide bonds. The molecular formula is C20H21N3O4S. The Balaban J connectivity index is 1.55. The minimum absolute atomic E-state index is 0.239. The monoisotopic (exact) mass is 399 g/mol. The summed E-state index contributed by atoms with van der Waals surface area (Å²) in [7, 11) is 3.10. The van der Waals surface area contributed by atoms with Crippen LogP contribution in [0.1, 0.15) is 10.4 Å². The number of amides is 1. The van der Waals surface area contributed by atoms with Gasteiger partial charge < -0.3 is 24.4 Å². The predicted octanol–water partition coefficient (Wildman–Crippen LogP) is 3.40. The molecule has 0 radical (unpaired) electrons. The maximum absolute atomic E-state index is 12.7. The minimum Gasteiger partial charge on any atom is -0.497 e. The standard InChI is InChI=1S/C20H21N3O4S/c1-25-14-4-5-15(17(12-14)26-2)19(24)21-13-3-6-16-18(11-13)28-20(22-16)23-7-9-27-10-8-23/h3-6,11-12H,7-10H2,1-2H3,(H,21,24). The Morgan fingerprint density at radius 3 is 2.71 bits per heavy atom. The molecule has 1 aromatic heterocycles. The van der Waals surface area contributed by atoms with Gasteiger partial charge in [0, 0.05) is 24.8 Å². The van der Waals surface area contributed by atoms with Crippen LogP contribution >= 0.6 is 11.3 Å². The third-order valence-electron chi connectivity index (χ3n) is 4.57. The van der Waals surface area contributed by atoms with Gasteiger partial charge in [-0.05, 0) is 30.3 Å². The predicted molar refractivity (Wildman–Crippen MR) is 110 cm³/mol. The van der Waals surface area contributed by atoms with Crippen LogP contribution in [0.3, 0.4) is 0 Å². The number of ether oxygens (including phenoxy) is 3. The van der Waals surface area contributed by atoms with Crippen molar-refractivity contribution in [3.63, 3.8) is 0 Å². The number of benzene rings is 2. The van der Waals surface area contributed by atoms with Gasteiger partial charge >= 0.3 is 0 Å². The van der Waals surface area contributed by atoms with Crippen molar-refractivity contribution >= 4 is 38.3 Å².